The lowest BCUT2D eigenvalue weighted by atomic mass is 9.96. The highest BCUT2D eigenvalue weighted by molar-refractivity contribution is 5.87. The number of fused-ring (bicyclic) bond motifs is 1. The van der Waals surface area contributed by atoms with E-state index >= 15 is 0 Å². The van der Waals surface area contributed by atoms with Gasteiger partial charge in [0.05, 0.1) is 12.9 Å². The van der Waals surface area contributed by atoms with Crippen molar-refractivity contribution in [3.63, 3.8) is 0 Å². The Morgan fingerprint density at radius 3 is 2.64 bits per heavy atom. The maximum atomic E-state index is 10.7. The van der Waals surface area contributed by atoms with Gasteiger partial charge in [0.25, 0.3) is 0 Å². The van der Waals surface area contributed by atoms with E-state index in [0.717, 1.165) is 5.56 Å². The fourth-order valence-electron chi connectivity index (χ4n) is 3.22. The maximum absolute atomic E-state index is 10.7. The summed E-state index contributed by atoms with van der Waals surface area (Å²) in [7, 11) is 0. The fraction of sp³-hybridized carbons (Fsp3) is 0.353. The Kier molecular flexibility index (Phi) is 3.77. The lowest BCUT2D eigenvalue weighted by molar-refractivity contribution is -0.0950. The molecule has 3 heterocycles. The first-order chi connectivity index (χ1) is 12.0. The molecule has 3 N–H and O–H groups in total. The number of benzene rings is 1. The number of aromatic nitrogens is 4. The van der Waals surface area contributed by atoms with Crippen LogP contribution in [0, 0.1) is 0 Å². The van der Waals surface area contributed by atoms with Crippen LogP contribution in [0.3, 0.4) is 0 Å². The lowest BCUT2D eigenvalue weighted by Gasteiger charge is -2.27. The summed E-state index contributed by atoms with van der Waals surface area (Å²) < 4.78 is 7.21. The quantitative estimate of drug-likeness (QED) is 0.635. The van der Waals surface area contributed by atoms with Crippen LogP contribution in [0.2, 0.25) is 0 Å². The minimum atomic E-state index is -1.60. The van der Waals surface area contributed by atoms with Gasteiger partial charge in [-0.2, -0.15) is 0 Å². The molecule has 1 aliphatic heterocycles. The van der Waals surface area contributed by atoms with Crippen LogP contribution < -0.4 is 0 Å². The number of aliphatic hydroxyl groups excluding tert-OH is 2. The van der Waals surface area contributed by atoms with Gasteiger partial charge < -0.3 is 20.1 Å². The fourth-order valence-corrected chi connectivity index (χ4v) is 3.22. The molecule has 0 spiro atoms. The predicted molar refractivity (Wildman–Crippen MR) is 88.4 cm³/mol. The van der Waals surface area contributed by atoms with Crippen molar-refractivity contribution < 1.29 is 20.1 Å². The van der Waals surface area contributed by atoms with E-state index in [-0.39, 0.29) is 0 Å². The third kappa shape index (κ3) is 2.42. The molecule has 1 saturated heterocycles. The van der Waals surface area contributed by atoms with Crippen molar-refractivity contribution in [1.29, 1.82) is 0 Å². The predicted octanol–water partition coefficient (Wildman–Crippen LogP) is 0.495. The van der Waals surface area contributed by atoms with Crippen LogP contribution in [-0.2, 0) is 4.74 Å². The highest BCUT2D eigenvalue weighted by Crippen LogP contribution is 2.39. The van der Waals surface area contributed by atoms with Crippen LogP contribution in [0.1, 0.15) is 13.2 Å². The molecular formula is C17H18N4O4. The number of nitrogens with zero attached hydrogens (tertiary/aromatic N) is 4. The van der Waals surface area contributed by atoms with E-state index < -0.39 is 30.6 Å². The van der Waals surface area contributed by atoms with Crippen LogP contribution in [-0.4, -0.2) is 59.3 Å². The third-order valence-electron chi connectivity index (χ3n) is 4.59. The Bertz CT molecular complexity index is 896. The topological polar surface area (TPSA) is 114 Å². The first kappa shape index (κ1) is 16.1. The average molecular weight is 342 g/mol. The van der Waals surface area contributed by atoms with Gasteiger partial charge in [-0.15, -0.1) is 0 Å². The van der Waals surface area contributed by atoms with Crippen molar-refractivity contribution in [3.05, 3.63) is 43.0 Å². The number of aliphatic hydroxyl groups is 3. The van der Waals surface area contributed by atoms with Crippen molar-refractivity contribution in [2.24, 2.45) is 0 Å². The molecule has 8 nitrogen and oxygen atoms in total. The maximum Gasteiger partial charge on any atom is 0.168 e. The minimum Gasteiger partial charge on any atom is -0.394 e. The first-order valence-corrected chi connectivity index (χ1v) is 7.93. The molecule has 8 heteroatoms. The molecule has 0 bridgehead atoms. The third-order valence-corrected chi connectivity index (χ3v) is 4.59. The van der Waals surface area contributed by atoms with E-state index in [2.05, 4.69) is 15.0 Å². The van der Waals surface area contributed by atoms with Crippen molar-refractivity contribution in [1.82, 2.24) is 19.5 Å². The van der Waals surface area contributed by atoms with Gasteiger partial charge in [0, 0.05) is 5.56 Å². The van der Waals surface area contributed by atoms with Gasteiger partial charge in [-0.3, -0.25) is 4.57 Å². The van der Waals surface area contributed by atoms with E-state index in [1.54, 1.807) is 4.57 Å². The van der Waals surface area contributed by atoms with Crippen molar-refractivity contribution >= 4 is 11.2 Å². The summed E-state index contributed by atoms with van der Waals surface area (Å²) in [4.78, 5) is 13.0. The number of hydrogen-bond acceptors (Lipinski definition) is 7. The molecule has 4 rings (SSSR count). The average Bonchev–Trinajstić information content (AvgIpc) is 3.15. The van der Waals surface area contributed by atoms with E-state index in [9.17, 15) is 15.3 Å². The van der Waals surface area contributed by atoms with Crippen molar-refractivity contribution in [2.45, 2.75) is 31.0 Å². The summed E-state index contributed by atoms with van der Waals surface area (Å²) in [6, 6.07) is 9.59. The minimum absolute atomic E-state index is 0.398. The molecule has 0 aliphatic carbocycles. The summed E-state index contributed by atoms with van der Waals surface area (Å²) in [5.74, 6) is 0. The van der Waals surface area contributed by atoms with Crippen LogP contribution >= 0.6 is 0 Å². The number of ether oxygens (including phenoxy) is 1. The molecule has 0 amide bonds. The highest BCUT2D eigenvalue weighted by Gasteiger charge is 2.53. The van der Waals surface area contributed by atoms with E-state index in [1.807, 2.05) is 30.3 Å². The summed E-state index contributed by atoms with van der Waals surface area (Å²) in [6.45, 7) is 1.06. The SMILES string of the molecule is C[C@@]1(O)[C@H](O)[C@@H](CO)O[C@H]1n1cnc2c(-c3ccccc3)ncnc21. The first-order valence-electron chi connectivity index (χ1n) is 7.93. The molecule has 4 atom stereocenters. The molecule has 0 unspecified atom stereocenters. The van der Waals surface area contributed by atoms with Gasteiger partial charge >= 0.3 is 0 Å². The molecule has 130 valence electrons. The van der Waals surface area contributed by atoms with Crippen molar-refractivity contribution in [3.8, 4) is 11.3 Å². The molecule has 25 heavy (non-hydrogen) atoms. The zero-order chi connectivity index (χ0) is 17.6. The van der Waals surface area contributed by atoms with Gasteiger partial charge in [-0.05, 0) is 6.92 Å². The Balaban J connectivity index is 1.83. The number of hydrogen-bond donors (Lipinski definition) is 3. The molecule has 1 aliphatic rings. The monoisotopic (exact) mass is 342 g/mol. The van der Waals surface area contributed by atoms with Crippen LogP contribution in [0.4, 0.5) is 0 Å². The second-order valence-electron chi connectivity index (χ2n) is 6.29. The Morgan fingerprint density at radius 2 is 1.96 bits per heavy atom. The zero-order valence-electron chi connectivity index (χ0n) is 13.5. The lowest BCUT2D eigenvalue weighted by Crippen LogP contribution is -2.44. The molecule has 2 aromatic heterocycles. The van der Waals surface area contributed by atoms with Gasteiger partial charge in [-0.1, -0.05) is 30.3 Å². The van der Waals surface area contributed by atoms with E-state index in [0.29, 0.717) is 16.9 Å². The summed E-state index contributed by atoms with van der Waals surface area (Å²) in [5.41, 5.74) is 1.01. The van der Waals surface area contributed by atoms with Gasteiger partial charge in [0.15, 0.2) is 11.9 Å². The molecule has 0 radical (unpaired) electrons. The Morgan fingerprint density at radius 1 is 1.20 bits per heavy atom. The number of imidazole rings is 1. The highest BCUT2D eigenvalue weighted by atomic mass is 16.6. The number of rotatable bonds is 3. The molecular weight excluding hydrogens is 324 g/mol. The van der Waals surface area contributed by atoms with Gasteiger partial charge in [0.1, 0.15) is 35.3 Å². The second kappa shape index (κ2) is 5.85. The van der Waals surface area contributed by atoms with Gasteiger partial charge in [0.2, 0.25) is 0 Å². The van der Waals surface area contributed by atoms with E-state index in [1.165, 1.54) is 19.6 Å². The van der Waals surface area contributed by atoms with Crippen LogP contribution in [0.25, 0.3) is 22.4 Å². The summed E-state index contributed by atoms with van der Waals surface area (Å²) in [6.07, 6.45) is -0.115. The van der Waals surface area contributed by atoms with E-state index in [4.69, 9.17) is 4.74 Å². The Labute approximate surface area is 143 Å². The molecule has 0 saturated carbocycles. The smallest absolute Gasteiger partial charge is 0.168 e. The normalized spacial score (nSPS) is 29.4. The van der Waals surface area contributed by atoms with Crippen LogP contribution in [0.15, 0.2) is 43.0 Å². The summed E-state index contributed by atoms with van der Waals surface area (Å²) in [5, 5.41) is 30.2. The molecule has 3 aromatic rings. The van der Waals surface area contributed by atoms with Gasteiger partial charge in [-0.25, -0.2) is 15.0 Å². The molecule has 1 aromatic carbocycles. The Hall–Kier alpha value is -2.39. The van der Waals surface area contributed by atoms with Crippen LogP contribution in [0.5, 0.6) is 0 Å². The second-order valence-corrected chi connectivity index (χ2v) is 6.29. The zero-order valence-corrected chi connectivity index (χ0v) is 13.5. The standard InChI is InChI=1S/C17H18N4O4/c1-17(24)14(23)11(7-22)25-16(17)21-9-20-13-12(18-8-19-15(13)21)10-5-3-2-4-6-10/h2-6,8-9,11,14,16,22-24H,7H2,1H3/t11-,14-,16-,17-/m1/s1. The largest absolute Gasteiger partial charge is 0.394 e. The molecule has 1 fully saturated rings. The summed E-state index contributed by atoms with van der Waals surface area (Å²) >= 11 is 0. The van der Waals surface area contributed by atoms with Crippen molar-refractivity contribution in [2.75, 3.05) is 6.61 Å².